The average molecular weight is 348 g/mol. The van der Waals surface area contributed by atoms with E-state index >= 15 is 0 Å². The summed E-state index contributed by atoms with van der Waals surface area (Å²) in [6, 6.07) is 9.48. The molecular formula is C17H24N4O2S. The predicted octanol–water partition coefficient (Wildman–Crippen LogP) is 3.80. The molecule has 2 aromatic rings. The van der Waals surface area contributed by atoms with Gasteiger partial charge in [0.15, 0.2) is 11.6 Å². The number of anilines is 3. The smallest absolute Gasteiger partial charge is 0.233 e. The second kappa shape index (κ2) is 7.61. The van der Waals surface area contributed by atoms with Gasteiger partial charge in [-0.1, -0.05) is 39.0 Å². The van der Waals surface area contributed by atoms with E-state index in [4.69, 9.17) is 0 Å². The number of sulfonamides is 1. The molecule has 0 amide bonds. The Morgan fingerprint density at radius 2 is 1.75 bits per heavy atom. The Morgan fingerprint density at radius 3 is 2.33 bits per heavy atom. The van der Waals surface area contributed by atoms with Gasteiger partial charge >= 0.3 is 0 Å². The molecule has 7 heteroatoms. The summed E-state index contributed by atoms with van der Waals surface area (Å²) in [6.07, 6.45) is 0.549. The Bertz CT molecular complexity index is 787. The van der Waals surface area contributed by atoms with Crippen LogP contribution < -0.4 is 10.0 Å². The summed E-state index contributed by atoms with van der Waals surface area (Å²) >= 11 is 0. The summed E-state index contributed by atoms with van der Waals surface area (Å²) in [6.45, 7) is 8.12. The van der Waals surface area contributed by atoms with E-state index in [0.29, 0.717) is 18.2 Å². The number of para-hydroxylation sites is 1. The molecule has 0 fully saturated rings. The van der Waals surface area contributed by atoms with E-state index in [1.807, 2.05) is 26.0 Å². The highest BCUT2D eigenvalue weighted by Crippen LogP contribution is 2.29. The number of hydrogen-bond donors (Lipinski definition) is 2. The Hall–Kier alpha value is -2.15. The molecule has 0 saturated carbocycles. The van der Waals surface area contributed by atoms with E-state index in [9.17, 15) is 8.42 Å². The van der Waals surface area contributed by atoms with E-state index in [-0.39, 0.29) is 11.6 Å². The summed E-state index contributed by atoms with van der Waals surface area (Å²) in [5.74, 6) is 1.24. The van der Waals surface area contributed by atoms with Gasteiger partial charge in [0.05, 0.1) is 5.75 Å². The first-order valence-corrected chi connectivity index (χ1v) is 9.68. The second-order valence-corrected chi connectivity index (χ2v) is 7.89. The van der Waals surface area contributed by atoms with Gasteiger partial charge in [0.2, 0.25) is 10.0 Å². The van der Waals surface area contributed by atoms with Crippen LogP contribution in [0.15, 0.2) is 30.3 Å². The van der Waals surface area contributed by atoms with Gasteiger partial charge in [0, 0.05) is 5.69 Å². The molecule has 0 atom stereocenters. The van der Waals surface area contributed by atoms with Gasteiger partial charge in [-0.05, 0) is 42.5 Å². The molecule has 0 saturated heterocycles. The highest BCUT2D eigenvalue weighted by Gasteiger charge is 2.12. The lowest BCUT2D eigenvalue weighted by atomic mass is 9.98. The van der Waals surface area contributed by atoms with Crippen LogP contribution in [0.1, 0.15) is 44.2 Å². The van der Waals surface area contributed by atoms with Crippen LogP contribution in [0.25, 0.3) is 0 Å². The van der Waals surface area contributed by atoms with Crippen LogP contribution in [0.4, 0.5) is 17.3 Å². The molecule has 0 aliphatic heterocycles. The fraction of sp³-hybridized carbons (Fsp3) is 0.412. The predicted molar refractivity (Wildman–Crippen MR) is 98.3 cm³/mol. The zero-order valence-corrected chi connectivity index (χ0v) is 15.3. The fourth-order valence-electron chi connectivity index (χ4n) is 2.40. The largest absolute Gasteiger partial charge is 0.338 e. The molecule has 2 rings (SSSR count). The van der Waals surface area contributed by atoms with Gasteiger partial charge in [-0.2, -0.15) is 0 Å². The van der Waals surface area contributed by atoms with Crippen molar-refractivity contribution in [3.63, 3.8) is 0 Å². The molecule has 0 aliphatic rings. The Balaban J connectivity index is 2.19. The van der Waals surface area contributed by atoms with Gasteiger partial charge in [0.25, 0.3) is 0 Å². The first-order chi connectivity index (χ1) is 11.3. The molecule has 6 nitrogen and oxygen atoms in total. The minimum atomic E-state index is -3.35. The van der Waals surface area contributed by atoms with Crippen molar-refractivity contribution < 1.29 is 8.42 Å². The zero-order valence-electron chi connectivity index (χ0n) is 14.5. The maximum Gasteiger partial charge on any atom is 0.233 e. The quantitative estimate of drug-likeness (QED) is 0.795. The number of aryl methyl sites for hydroxylation is 1. The maximum atomic E-state index is 11.7. The number of nitrogens with zero attached hydrogens (tertiary/aromatic N) is 2. The van der Waals surface area contributed by atoms with Gasteiger partial charge in [0.1, 0.15) is 0 Å². The first-order valence-electron chi connectivity index (χ1n) is 8.03. The van der Waals surface area contributed by atoms with Crippen LogP contribution >= 0.6 is 0 Å². The highest BCUT2D eigenvalue weighted by molar-refractivity contribution is 7.92. The third kappa shape index (κ3) is 4.67. The van der Waals surface area contributed by atoms with Crippen LogP contribution in [0.5, 0.6) is 0 Å². The third-order valence-corrected chi connectivity index (χ3v) is 5.04. The summed E-state index contributed by atoms with van der Waals surface area (Å²) in [5.41, 5.74) is 3.33. The summed E-state index contributed by atoms with van der Waals surface area (Å²) in [4.78, 5) is 0. The molecule has 0 unspecified atom stereocenters. The van der Waals surface area contributed by atoms with Crippen LogP contribution in [0.2, 0.25) is 0 Å². The molecule has 0 radical (unpaired) electrons. The lowest BCUT2D eigenvalue weighted by molar-refractivity contribution is 0.599. The van der Waals surface area contributed by atoms with Gasteiger partial charge in [-0.3, -0.25) is 4.72 Å². The van der Waals surface area contributed by atoms with Crippen molar-refractivity contribution in [3.8, 4) is 0 Å². The average Bonchev–Trinajstić information content (AvgIpc) is 2.50. The summed E-state index contributed by atoms with van der Waals surface area (Å²) in [7, 11) is -3.35. The molecule has 0 aliphatic carbocycles. The SMILES string of the molecule is CCCS(=O)(=O)Nc1ccc(Nc2c(C)cccc2C(C)C)nn1. The zero-order chi connectivity index (χ0) is 17.7. The first kappa shape index (κ1) is 18.2. The minimum absolute atomic E-state index is 0.0651. The van der Waals surface area contributed by atoms with Crippen LogP contribution in [-0.4, -0.2) is 24.4 Å². The monoisotopic (exact) mass is 348 g/mol. The van der Waals surface area contributed by atoms with E-state index in [2.05, 4.69) is 40.2 Å². The van der Waals surface area contributed by atoms with Crippen molar-refractivity contribution in [2.24, 2.45) is 0 Å². The third-order valence-electron chi connectivity index (χ3n) is 3.58. The Morgan fingerprint density at radius 1 is 1.08 bits per heavy atom. The molecule has 2 N–H and O–H groups in total. The summed E-state index contributed by atoms with van der Waals surface area (Å²) < 4.78 is 25.9. The normalized spacial score (nSPS) is 11.5. The van der Waals surface area contributed by atoms with Crippen molar-refractivity contribution >= 4 is 27.3 Å². The van der Waals surface area contributed by atoms with Crippen LogP contribution in [-0.2, 0) is 10.0 Å². The topological polar surface area (TPSA) is 84.0 Å². The molecule has 130 valence electrons. The number of benzene rings is 1. The van der Waals surface area contributed by atoms with Gasteiger partial charge in [-0.25, -0.2) is 8.42 Å². The van der Waals surface area contributed by atoms with Gasteiger partial charge in [-0.15, -0.1) is 10.2 Å². The molecule has 1 heterocycles. The molecule has 1 aromatic heterocycles. The molecule has 1 aromatic carbocycles. The number of aromatic nitrogens is 2. The molecular weight excluding hydrogens is 324 g/mol. The lowest BCUT2D eigenvalue weighted by Gasteiger charge is -2.16. The lowest BCUT2D eigenvalue weighted by Crippen LogP contribution is -2.17. The van der Waals surface area contributed by atoms with Gasteiger partial charge < -0.3 is 5.32 Å². The standard InChI is InChI=1S/C17H24N4O2S/c1-5-11-24(22,23)21-16-10-9-15(19-20-16)18-17-13(4)7-6-8-14(17)12(2)3/h6-10,12H,5,11H2,1-4H3,(H,18,19)(H,20,21). The number of rotatable bonds is 7. The maximum absolute atomic E-state index is 11.7. The summed E-state index contributed by atoms with van der Waals surface area (Å²) in [5, 5.41) is 11.3. The Kier molecular flexibility index (Phi) is 5.77. The van der Waals surface area contributed by atoms with E-state index in [1.165, 1.54) is 5.56 Å². The van der Waals surface area contributed by atoms with Crippen molar-refractivity contribution in [2.45, 2.75) is 40.0 Å². The van der Waals surface area contributed by atoms with E-state index in [1.54, 1.807) is 12.1 Å². The molecule has 0 spiro atoms. The second-order valence-electron chi connectivity index (χ2n) is 6.04. The molecule has 24 heavy (non-hydrogen) atoms. The van der Waals surface area contributed by atoms with Crippen LogP contribution in [0.3, 0.4) is 0 Å². The van der Waals surface area contributed by atoms with E-state index < -0.39 is 10.0 Å². The van der Waals surface area contributed by atoms with E-state index in [0.717, 1.165) is 11.3 Å². The van der Waals surface area contributed by atoms with Crippen molar-refractivity contribution in [3.05, 3.63) is 41.5 Å². The Labute approximate surface area is 143 Å². The van der Waals surface area contributed by atoms with Crippen molar-refractivity contribution in [1.82, 2.24) is 10.2 Å². The van der Waals surface area contributed by atoms with Crippen molar-refractivity contribution in [1.29, 1.82) is 0 Å². The van der Waals surface area contributed by atoms with Crippen molar-refractivity contribution in [2.75, 3.05) is 15.8 Å². The highest BCUT2D eigenvalue weighted by atomic mass is 32.2. The number of nitrogens with one attached hydrogen (secondary N) is 2. The van der Waals surface area contributed by atoms with Crippen LogP contribution in [0, 0.1) is 6.92 Å². The molecule has 0 bridgehead atoms. The minimum Gasteiger partial charge on any atom is -0.338 e. The number of hydrogen-bond acceptors (Lipinski definition) is 5. The fourth-order valence-corrected chi connectivity index (χ4v) is 3.47.